The van der Waals surface area contributed by atoms with Gasteiger partial charge in [-0.2, -0.15) is 0 Å². The van der Waals surface area contributed by atoms with E-state index >= 15 is 0 Å². The highest BCUT2D eigenvalue weighted by Crippen LogP contribution is 2.50. The Labute approximate surface area is 172 Å². The molecular weight excluding hydrogens is 385 g/mol. The zero-order chi connectivity index (χ0) is 20.2. The largest absolute Gasteiger partial charge is 0.492 e. The summed E-state index contributed by atoms with van der Waals surface area (Å²) in [6.45, 7) is 6.33. The smallest absolute Gasteiger partial charge is 0.222 e. The molecule has 152 valence electrons. The van der Waals surface area contributed by atoms with Crippen molar-refractivity contribution in [3.05, 3.63) is 28.2 Å². The summed E-state index contributed by atoms with van der Waals surface area (Å²) in [5.74, 6) is 0.698. The van der Waals surface area contributed by atoms with Gasteiger partial charge in [-0.1, -0.05) is 30.1 Å². The van der Waals surface area contributed by atoms with E-state index in [4.69, 9.17) is 27.9 Å². The number of benzene rings is 1. The van der Waals surface area contributed by atoms with Crippen molar-refractivity contribution < 1.29 is 14.6 Å². The second-order valence-corrected chi connectivity index (χ2v) is 8.96. The molecule has 1 saturated carbocycles. The zero-order valence-corrected chi connectivity index (χ0v) is 18.2. The summed E-state index contributed by atoms with van der Waals surface area (Å²) in [5, 5.41) is 11.6. The maximum Gasteiger partial charge on any atom is 0.222 e. The Morgan fingerprint density at radius 2 is 2.11 bits per heavy atom. The Morgan fingerprint density at radius 1 is 1.41 bits per heavy atom. The first-order chi connectivity index (χ1) is 12.6. The summed E-state index contributed by atoms with van der Waals surface area (Å²) in [6.07, 6.45) is 4.72. The molecule has 1 aliphatic rings. The molecule has 2 atom stereocenters. The van der Waals surface area contributed by atoms with Crippen molar-refractivity contribution in [2.75, 3.05) is 13.7 Å². The predicted molar refractivity (Wildman–Crippen MR) is 111 cm³/mol. The molecule has 0 spiro atoms. The van der Waals surface area contributed by atoms with Crippen LogP contribution in [0.2, 0.25) is 10.0 Å². The monoisotopic (exact) mass is 415 g/mol. The van der Waals surface area contributed by atoms with Crippen molar-refractivity contribution in [1.29, 1.82) is 0 Å². The van der Waals surface area contributed by atoms with Gasteiger partial charge in [0, 0.05) is 29.9 Å². The van der Waals surface area contributed by atoms with Gasteiger partial charge in [-0.15, -0.1) is 0 Å². The molecule has 1 aromatic carbocycles. The van der Waals surface area contributed by atoms with E-state index in [9.17, 15) is 9.90 Å². The van der Waals surface area contributed by atoms with Crippen LogP contribution in [0.25, 0.3) is 0 Å². The van der Waals surface area contributed by atoms with Crippen LogP contribution in [-0.4, -0.2) is 41.2 Å². The summed E-state index contributed by atoms with van der Waals surface area (Å²) < 4.78 is 5.65. The van der Waals surface area contributed by atoms with E-state index in [1.165, 1.54) is 0 Å². The summed E-state index contributed by atoms with van der Waals surface area (Å²) in [7, 11) is 1.88. The molecule has 0 heterocycles. The molecule has 2 unspecified atom stereocenters. The van der Waals surface area contributed by atoms with E-state index < -0.39 is 5.60 Å². The first-order valence-corrected chi connectivity index (χ1v) is 10.4. The Balaban J connectivity index is 1.81. The summed E-state index contributed by atoms with van der Waals surface area (Å²) in [6, 6.07) is 5.29. The van der Waals surface area contributed by atoms with Crippen LogP contribution in [0.3, 0.4) is 0 Å². The molecule has 4 nitrogen and oxygen atoms in total. The molecule has 0 aliphatic heterocycles. The van der Waals surface area contributed by atoms with Crippen molar-refractivity contribution >= 4 is 29.1 Å². The normalized spacial score (nSPS) is 22.7. The van der Waals surface area contributed by atoms with E-state index in [1.54, 1.807) is 18.2 Å². The second kappa shape index (κ2) is 9.02. The summed E-state index contributed by atoms with van der Waals surface area (Å²) in [4.78, 5) is 14.4. The predicted octanol–water partition coefficient (Wildman–Crippen LogP) is 5.33. The molecule has 0 saturated heterocycles. The van der Waals surface area contributed by atoms with Gasteiger partial charge in [-0.05, 0) is 64.2 Å². The van der Waals surface area contributed by atoms with E-state index in [-0.39, 0.29) is 17.4 Å². The van der Waals surface area contributed by atoms with Crippen molar-refractivity contribution in [1.82, 2.24) is 4.90 Å². The fourth-order valence-corrected chi connectivity index (χ4v) is 4.58. The number of ether oxygens (including phenoxy) is 1. The maximum absolute atomic E-state index is 12.6. The first-order valence-electron chi connectivity index (χ1n) is 9.65. The van der Waals surface area contributed by atoms with E-state index in [1.807, 2.05) is 25.8 Å². The third-order valence-electron chi connectivity index (χ3n) is 6.18. The lowest BCUT2D eigenvalue weighted by molar-refractivity contribution is -0.132. The van der Waals surface area contributed by atoms with Crippen molar-refractivity contribution in [2.24, 2.45) is 5.41 Å². The number of amides is 1. The SMILES string of the molecule is CCC1(C(C)(C)O)CCC(N(C)C(=O)CCCOc2ccc(Cl)cc2Cl)C1. The molecule has 1 fully saturated rings. The van der Waals surface area contributed by atoms with Crippen LogP contribution in [0.4, 0.5) is 0 Å². The van der Waals surface area contributed by atoms with Gasteiger partial charge in [0.1, 0.15) is 5.75 Å². The van der Waals surface area contributed by atoms with Crippen molar-refractivity contribution in [3.63, 3.8) is 0 Å². The minimum Gasteiger partial charge on any atom is -0.492 e. The Hall–Kier alpha value is -0.970. The van der Waals surface area contributed by atoms with Crippen LogP contribution in [0.15, 0.2) is 18.2 Å². The van der Waals surface area contributed by atoms with Crippen LogP contribution < -0.4 is 4.74 Å². The molecule has 6 heteroatoms. The Kier molecular flexibility index (Phi) is 7.46. The standard InChI is InChI=1S/C21H31Cl2NO3/c1-5-21(20(2,3)26)11-10-16(14-21)24(4)19(25)7-6-12-27-18-9-8-15(22)13-17(18)23/h8-9,13,16,26H,5-7,10-12,14H2,1-4H3. The van der Waals surface area contributed by atoms with Gasteiger partial charge in [0.05, 0.1) is 17.2 Å². The van der Waals surface area contributed by atoms with Crippen LogP contribution in [0, 0.1) is 5.41 Å². The number of halogens is 2. The third-order valence-corrected chi connectivity index (χ3v) is 6.72. The van der Waals surface area contributed by atoms with Gasteiger partial charge < -0.3 is 14.7 Å². The zero-order valence-electron chi connectivity index (χ0n) is 16.7. The minimum atomic E-state index is -0.730. The lowest BCUT2D eigenvalue weighted by atomic mass is 9.70. The van der Waals surface area contributed by atoms with E-state index in [0.717, 1.165) is 25.7 Å². The van der Waals surface area contributed by atoms with Gasteiger partial charge >= 0.3 is 0 Å². The number of rotatable bonds is 8. The fraction of sp³-hybridized carbons (Fsp3) is 0.667. The molecule has 1 aromatic rings. The number of aliphatic hydroxyl groups is 1. The van der Waals surface area contributed by atoms with Crippen molar-refractivity contribution in [3.8, 4) is 5.75 Å². The molecule has 1 N–H and O–H groups in total. The van der Waals surface area contributed by atoms with Crippen LogP contribution in [0.1, 0.15) is 59.3 Å². The lowest BCUT2D eigenvalue weighted by Gasteiger charge is -2.40. The van der Waals surface area contributed by atoms with Gasteiger partial charge in [-0.25, -0.2) is 0 Å². The molecule has 0 bridgehead atoms. The maximum atomic E-state index is 12.6. The highest BCUT2D eigenvalue weighted by Gasteiger charge is 2.48. The highest BCUT2D eigenvalue weighted by atomic mass is 35.5. The van der Waals surface area contributed by atoms with E-state index in [0.29, 0.717) is 35.2 Å². The highest BCUT2D eigenvalue weighted by molar-refractivity contribution is 6.35. The average molecular weight is 416 g/mol. The number of hydrogen-bond acceptors (Lipinski definition) is 3. The molecule has 0 radical (unpaired) electrons. The summed E-state index contributed by atoms with van der Waals surface area (Å²) >= 11 is 11.9. The first kappa shape index (κ1) is 22.3. The Bertz CT molecular complexity index is 659. The van der Waals surface area contributed by atoms with Gasteiger partial charge in [0.2, 0.25) is 5.91 Å². The van der Waals surface area contributed by atoms with Gasteiger partial charge in [0.15, 0.2) is 0 Å². The minimum absolute atomic E-state index is 0.110. The third kappa shape index (κ3) is 5.30. The fourth-order valence-electron chi connectivity index (χ4n) is 4.12. The average Bonchev–Trinajstić information content (AvgIpc) is 3.05. The molecule has 27 heavy (non-hydrogen) atoms. The van der Waals surface area contributed by atoms with Crippen LogP contribution >= 0.6 is 23.2 Å². The van der Waals surface area contributed by atoms with E-state index in [2.05, 4.69) is 6.92 Å². The summed E-state index contributed by atoms with van der Waals surface area (Å²) in [5.41, 5.74) is -0.841. The lowest BCUT2D eigenvalue weighted by Crippen LogP contribution is -2.43. The number of carbonyl (C=O) groups is 1. The number of nitrogens with zero attached hydrogens (tertiary/aromatic N) is 1. The second-order valence-electron chi connectivity index (χ2n) is 8.12. The van der Waals surface area contributed by atoms with Gasteiger partial charge in [-0.3, -0.25) is 4.79 Å². The van der Waals surface area contributed by atoms with Crippen LogP contribution in [0.5, 0.6) is 5.75 Å². The molecule has 1 amide bonds. The molecular formula is C21H31Cl2NO3. The number of carbonyl (C=O) groups excluding carboxylic acids is 1. The van der Waals surface area contributed by atoms with Crippen molar-refractivity contribution in [2.45, 2.75) is 70.9 Å². The molecule has 0 aromatic heterocycles. The molecule has 1 aliphatic carbocycles. The topological polar surface area (TPSA) is 49.8 Å². The number of hydrogen-bond donors (Lipinski definition) is 1. The Morgan fingerprint density at radius 3 is 2.67 bits per heavy atom. The quantitative estimate of drug-likeness (QED) is 0.583. The molecule has 2 rings (SSSR count). The van der Waals surface area contributed by atoms with Gasteiger partial charge in [0.25, 0.3) is 0 Å². The van der Waals surface area contributed by atoms with Crippen LogP contribution in [-0.2, 0) is 4.79 Å².